The van der Waals surface area contributed by atoms with E-state index in [4.69, 9.17) is 5.73 Å². The molecule has 2 N–H and O–H groups in total. The molecule has 6 heteroatoms. The standard InChI is InChI=1S/C10H23N3O2S/c1-4-13(5-2)16(14,15)12(3)8-9-6-10(11)7-9/h9-10H,4-8,11H2,1-3H3. The number of nitrogens with two attached hydrogens (primary N) is 1. The third-order valence-electron chi connectivity index (χ3n) is 3.21. The highest BCUT2D eigenvalue weighted by Gasteiger charge is 2.31. The predicted octanol–water partition coefficient (Wildman–Crippen LogP) is 0.242. The largest absolute Gasteiger partial charge is 0.328 e. The summed E-state index contributed by atoms with van der Waals surface area (Å²) in [5.41, 5.74) is 5.69. The predicted molar refractivity (Wildman–Crippen MR) is 65.2 cm³/mol. The molecule has 0 unspecified atom stereocenters. The average Bonchev–Trinajstić information content (AvgIpc) is 2.16. The molecule has 1 saturated carbocycles. The summed E-state index contributed by atoms with van der Waals surface area (Å²) >= 11 is 0. The molecule has 0 aromatic heterocycles. The van der Waals surface area contributed by atoms with E-state index < -0.39 is 10.2 Å². The van der Waals surface area contributed by atoms with Crippen molar-refractivity contribution in [3.05, 3.63) is 0 Å². The quantitative estimate of drug-likeness (QED) is 0.733. The summed E-state index contributed by atoms with van der Waals surface area (Å²) in [6.45, 7) is 5.34. The lowest BCUT2D eigenvalue weighted by molar-refractivity contribution is 0.221. The minimum Gasteiger partial charge on any atom is -0.328 e. The molecule has 0 heterocycles. The topological polar surface area (TPSA) is 66.6 Å². The Labute approximate surface area is 98.8 Å². The van der Waals surface area contributed by atoms with Gasteiger partial charge in [-0.15, -0.1) is 0 Å². The summed E-state index contributed by atoms with van der Waals surface area (Å²) in [4.78, 5) is 0. The van der Waals surface area contributed by atoms with Crippen LogP contribution in [0, 0.1) is 5.92 Å². The average molecular weight is 249 g/mol. The van der Waals surface area contributed by atoms with E-state index in [2.05, 4.69) is 0 Å². The molecule has 96 valence electrons. The van der Waals surface area contributed by atoms with Gasteiger partial charge < -0.3 is 5.73 Å². The van der Waals surface area contributed by atoms with E-state index in [1.54, 1.807) is 7.05 Å². The zero-order chi connectivity index (χ0) is 12.3. The highest BCUT2D eigenvalue weighted by Crippen LogP contribution is 2.27. The first-order valence-corrected chi connectivity index (χ1v) is 7.28. The number of hydrogen-bond acceptors (Lipinski definition) is 3. The van der Waals surface area contributed by atoms with Gasteiger partial charge >= 0.3 is 0 Å². The SMILES string of the molecule is CCN(CC)S(=O)(=O)N(C)CC1CC(N)C1. The molecule has 1 aliphatic rings. The fourth-order valence-electron chi connectivity index (χ4n) is 2.14. The third kappa shape index (κ3) is 2.94. The van der Waals surface area contributed by atoms with E-state index in [0.717, 1.165) is 12.8 Å². The van der Waals surface area contributed by atoms with E-state index in [-0.39, 0.29) is 6.04 Å². The Morgan fingerprint density at radius 1 is 1.25 bits per heavy atom. The van der Waals surface area contributed by atoms with Gasteiger partial charge in [0.2, 0.25) is 0 Å². The second kappa shape index (κ2) is 5.44. The third-order valence-corrected chi connectivity index (χ3v) is 5.32. The molecule has 0 aliphatic heterocycles. The molecule has 1 fully saturated rings. The van der Waals surface area contributed by atoms with Gasteiger partial charge in [-0.2, -0.15) is 17.0 Å². The summed E-state index contributed by atoms with van der Waals surface area (Å²) in [5, 5.41) is 0. The van der Waals surface area contributed by atoms with E-state index in [9.17, 15) is 8.42 Å². The molecular formula is C10H23N3O2S. The molecule has 1 rings (SSSR count). The minimum absolute atomic E-state index is 0.273. The molecule has 0 radical (unpaired) electrons. The van der Waals surface area contributed by atoms with E-state index in [1.165, 1.54) is 8.61 Å². The highest BCUT2D eigenvalue weighted by atomic mass is 32.2. The lowest BCUT2D eigenvalue weighted by Crippen LogP contribution is -2.47. The van der Waals surface area contributed by atoms with E-state index in [0.29, 0.717) is 25.6 Å². The van der Waals surface area contributed by atoms with Gasteiger partial charge in [0.05, 0.1) is 0 Å². The van der Waals surface area contributed by atoms with Crippen molar-refractivity contribution in [1.82, 2.24) is 8.61 Å². The maximum Gasteiger partial charge on any atom is 0.281 e. The zero-order valence-electron chi connectivity index (χ0n) is 10.4. The summed E-state index contributed by atoms with van der Waals surface area (Å²) in [6.07, 6.45) is 1.89. The number of rotatable bonds is 6. The first-order valence-electron chi connectivity index (χ1n) is 5.88. The van der Waals surface area contributed by atoms with Gasteiger partial charge in [-0.3, -0.25) is 0 Å². The maximum atomic E-state index is 12.1. The van der Waals surface area contributed by atoms with Gasteiger partial charge in [0.1, 0.15) is 0 Å². The van der Waals surface area contributed by atoms with Crippen LogP contribution in [-0.4, -0.2) is 49.8 Å². The lowest BCUT2D eigenvalue weighted by Gasteiger charge is -2.36. The maximum absolute atomic E-state index is 12.1. The van der Waals surface area contributed by atoms with Crippen LogP contribution in [-0.2, 0) is 10.2 Å². The van der Waals surface area contributed by atoms with Crippen molar-refractivity contribution in [3.8, 4) is 0 Å². The summed E-state index contributed by atoms with van der Waals surface area (Å²) in [5.74, 6) is 0.435. The normalized spacial score (nSPS) is 26.1. The Balaban J connectivity index is 2.54. The van der Waals surface area contributed by atoms with Gasteiger partial charge in [0, 0.05) is 32.7 Å². The number of nitrogens with zero attached hydrogens (tertiary/aromatic N) is 2. The molecule has 0 amide bonds. The summed E-state index contributed by atoms with van der Waals surface area (Å²) in [7, 11) is -1.61. The van der Waals surface area contributed by atoms with Crippen LogP contribution in [0.15, 0.2) is 0 Å². The van der Waals surface area contributed by atoms with Crippen molar-refractivity contribution in [2.24, 2.45) is 11.7 Å². The summed E-state index contributed by atoms with van der Waals surface area (Å²) in [6, 6.07) is 0.273. The van der Waals surface area contributed by atoms with Crippen LogP contribution in [0.2, 0.25) is 0 Å². The van der Waals surface area contributed by atoms with Crippen LogP contribution in [0.3, 0.4) is 0 Å². The van der Waals surface area contributed by atoms with Crippen LogP contribution >= 0.6 is 0 Å². The van der Waals surface area contributed by atoms with Crippen molar-refractivity contribution < 1.29 is 8.42 Å². The van der Waals surface area contributed by atoms with E-state index >= 15 is 0 Å². The summed E-state index contributed by atoms with van der Waals surface area (Å²) < 4.78 is 27.1. The molecule has 0 saturated heterocycles. The van der Waals surface area contributed by atoms with Crippen LogP contribution in [0.5, 0.6) is 0 Å². The van der Waals surface area contributed by atoms with Crippen molar-refractivity contribution in [3.63, 3.8) is 0 Å². The van der Waals surface area contributed by atoms with Gasteiger partial charge in [-0.25, -0.2) is 0 Å². The fraction of sp³-hybridized carbons (Fsp3) is 1.00. The molecule has 0 aromatic rings. The van der Waals surface area contributed by atoms with Crippen LogP contribution < -0.4 is 5.73 Å². The smallest absolute Gasteiger partial charge is 0.281 e. The van der Waals surface area contributed by atoms with Gasteiger partial charge in [-0.05, 0) is 18.8 Å². The lowest BCUT2D eigenvalue weighted by atomic mass is 9.81. The molecule has 0 bridgehead atoms. The Morgan fingerprint density at radius 2 is 1.75 bits per heavy atom. The Kier molecular flexibility index (Phi) is 4.73. The Morgan fingerprint density at radius 3 is 2.12 bits per heavy atom. The number of hydrogen-bond donors (Lipinski definition) is 1. The van der Waals surface area contributed by atoms with Crippen molar-refractivity contribution in [2.45, 2.75) is 32.7 Å². The first kappa shape index (κ1) is 13.9. The molecule has 5 nitrogen and oxygen atoms in total. The second-order valence-corrected chi connectivity index (χ2v) is 6.51. The Bertz CT molecular complexity index is 308. The van der Waals surface area contributed by atoms with Gasteiger partial charge in [0.15, 0.2) is 0 Å². The minimum atomic E-state index is -3.26. The molecule has 1 aliphatic carbocycles. The molecule has 0 spiro atoms. The monoisotopic (exact) mass is 249 g/mol. The molecule has 0 aromatic carbocycles. The van der Waals surface area contributed by atoms with Gasteiger partial charge in [0.25, 0.3) is 10.2 Å². The van der Waals surface area contributed by atoms with Crippen LogP contribution in [0.25, 0.3) is 0 Å². The van der Waals surface area contributed by atoms with Crippen LogP contribution in [0.4, 0.5) is 0 Å². The van der Waals surface area contributed by atoms with Crippen molar-refractivity contribution >= 4 is 10.2 Å². The molecule has 0 atom stereocenters. The van der Waals surface area contributed by atoms with Gasteiger partial charge in [-0.1, -0.05) is 13.8 Å². The second-order valence-electron chi connectivity index (χ2n) is 4.47. The molecule has 16 heavy (non-hydrogen) atoms. The Hall–Kier alpha value is -0.170. The first-order chi connectivity index (χ1) is 7.41. The molecular weight excluding hydrogens is 226 g/mol. The zero-order valence-corrected chi connectivity index (χ0v) is 11.2. The van der Waals surface area contributed by atoms with Crippen molar-refractivity contribution in [1.29, 1.82) is 0 Å². The highest BCUT2D eigenvalue weighted by molar-refractivity contribution is 7.86. The fourth-order valence-corrected chi connectivity index (χ4v) is 3.59. The van der Waals surface area contributed by atoms with E-state index in [1.807, 2.05) is 13.8 Å². The van der Waals surface area contributed by atoms with Crippen molar-refractivity contribution in [2.75, 3.05) is 26.7 Å². The van der Waals surface area contributed by atoms with Crippen LogP contribution in [0.1, 0.15) is 26.7 Å².